The maximum Gasteiger partial charge on any atom is 0.334 e. The number of Topliss-reactive ketones (excluding diaryl/α,β-unsaturated/α-hetero) is 1. The summed E-state index contributed by atoms with van der Waals surface area (Å²) in [4.78, 5) is 23.2. The molecule has 0 fully saturated rings. The van der Waals surface area contributed by atoms with Gasteiger partial charge in [0.25, 0.3) is 0 Å². The highest BCUT2D eigenvalue weighted by Crippen LogP contribution is 2.21. The quantitative estimate of drug-likeness (QED) is 0.454. The predicted molar refractivity (Wildman–Crippen MR) is 67.6 cm³/mol. The van der Waals surface area contributed by atoms with E-state index in [1.807, 2.05) is 0 Å². The molecule has 0 spiro atoms. The van der Waals surface area contributed by atoms with Crippen LogP contribution in [-0.4, -0.2) is 21.7 Å². The molecule has 0 saturated carbocycles. The second-order valence-corrected chi connectivity index (χ2v) is 7.16. The summed E-state index contributed by atoms with van der Waals surface area (Å²) in [6.07, 6.45) is 0.00711. The number of hydrogen-bond acceptors (Lipinski definition) is 3. The Morgan fingerprint density at radius 3 is 1.94 bits per heavy atom. The Bertz CT molecular complexity index is 305. The second-order valence-electron chi connectivity index (χ2n) is 5.18. The van der Waals surface area contributed by atoms with Crippen LogP contribution >= 0.6 is 15.9 Å². The number of carbonyl (C=O) groups excluding carboxylic acids is 2. The van der Waals surface area contributed by atoms with E-state index in [1.165, 1.54) is 0 Å². The van der Waals surface area contributed by atoms with Gasteiger partial charge >= 0.3 is 5.97 Å². The van der Waals surface area contributed by atoms with Crippen LogP contribution in [0.2, 0.25) is 0 Å². The van der Waals surface area contributed by atoms with Crippen molar-refractivity contribution in [1.29, 1.82) is 0 Å². The van der Waals surface area contributed by atoms with Crippen LogP contribution in [0.15, 0.2) is 12.2 Å². The van der Waals surface area contributed by atoms with Crippen molar-refractivity contribution in [2.24, 2.45) is 0 Å². The normalized spacial score (nSPS) is 12.1. The van der Waals surface area contributed by atoms with Gasteiger partial charge < -0.3 is 4.74 Å². The number of carbonyl (C=O) groups is 2. The minimum atomic E-state index is -0.641. The van der Waals surface area contributed by atoms with Crippen LogP contribution in [-0.2, 0) is 14.3 Å². The van der Waals surface area contributed by atoms with E-state index in [4.69, 9.17) is 4.74 Å². The van der Waals surface area contributed by atoms with Crippen molar-refractivity contribution < 1.29 is 14.3 Å². The van der Waals surface area contributed by atoms with Crippen molar-refractivity contribution >= 4 is 27.7 Å². The van der Waals surface area contributed by atoms with E-state index in [0.29, 0.717) is 0 Å². The number of alkyl halides is 1. The van der Waals surface area contributed by atoms with Crippen LogP contribution in [0.4, 0.5) is 0 Å². The van der Waals surface area contributed by atoms with Crippen molar-refractivity contribution in [3.8, 4) is 0 Å². The van der Waals surface area contributed by atoms with Crippen molar-refractivity contribution in [3.05, 3.63) is 12.2 Å². The van der Waals surface area contributed by atoms with Gasteiger partial charge in [-0.15, -0.1) is 0 Å². The molecule has 0 unspecified atom stereocenters. The van der Waals surface area contributed by atoms with Crippen molar-refractivity contribution in [1.82, 2.24) is 0 Å². The van der Waals surface area contributed by atoms with E-state index in [1.54, 1.807) is 34.6 Å². The van der Waals surface area contributed by atoms with Crippen molar-refractivity contribution in [3.63, 3.8) is 0 Å². The molecule has 0 radical (unpaired) electrons. The Morgan fingerprint density at radius 1 is 1.19 bits per heavy atom. The van der Waals surface area contributed by atoms with Gasteiger partial charge in [0.1, 0.15) is 5.60 Å². The fourth-order valence-electron chi connectivity index (χ4n) is 0.826. The SMILES string of the molecule is C=C(CC(=O)C(C)(C)Br)C(=O)OC(C)(C)C. The fourth-order valence-corrected chi connectivity index (χ4v) is 0.967. The van der Waals surface area contributed by atoms with Gasteiger partial charge in [0.15, 0.2) is 5.78 Å². The van der Waals surface area contributed by atoms with Crippen molar-refractivity contribution in [2.45, 2.75) is 51.0 Å². The molecule has 0 rings (SSSR count). The maximum atomic E-state index is 11.6. The first-order valence-corrected chi connectivity index (χ1v) is 5.86. The average Bonchev–Trinajstić information content (AvgIpc) is 1.98. The molecule has 0 aliphatic carbocycles. The van der Waals surface area contributed by atoms with Crippen LogP contribution in [0.25, 0.3) is 0 Å². The lowest BCUT2D eigenvalue weighted by atomic mass is 10.0. The highest BCUT2D eigenvalue weighted by atomic mass is 79.9. The number of halogens is 1. The minimum Gasteiger partial charge on any atom is -0.457 e. The monoisotopic (exact) mass is 290 g/mol. The van der Waals surface area contributed by atoms with E-state index in [-0.39, 0.29) is 17.8 Å². The summed E-state index contributed by atoms with van der Waals surface area (Å²) in [5.74, 6) is -0.610. The number of ether oxygens (including phenoxy) is 1. The van der Waals surface area contributed by atoms with Crippen molar-refractivity contribution in [2.75, 3.05) is 0 Å². The van der Waals surface area contributed by atoms with E-state index < -0.39 is 15.9 Å². The summed E-state index contributed by atoms with van der Waals surface area (Å²) in [6, 6.07) is 0. The van der Waals surface area contributed by atoms with Gasteiger partial charge in [0.05, 0.1) is 4.32 Å². The first-order valence-electron chi connectivity index (χ1n) is 5.07. The molecule has 0 aliphatic rings. The molecule has 0 heterocycles. The minimum absolute atomic E-state index is 0.00711. The summed E-state index contributed by atoms with van der Waals surface area (Å²) in [6.45, 7) is 12.4. The highest BCUT2D eigenvalue weighted by Gasteiger charge is 2.27. The Kier molecular flexibility index (Phi) is 4.92. The summed E-state index contributed by atoms with van der Waals surface area (Å²) in [7, 11) is 0. The molecular formula is C12H19BrO3. The molecule has 0 bridgehead atoms. The summed E-state index contributed by atoms with van der Waals surface area (Å²) in [5, 5.41) is 0. The summed E-state index contributed by atoms with van der Waals surface area (Å²) >= 11 is 3.24. The van der Waals surface area contributed by atoms with Gasteiger partial charge in [-0.25, -0.2) is 4.79 Å². The van der Waals surface area contributed by atoms with Crippen LogP contribution in [0.3, 0.4) is 0 Å². The number of rotatable bonds is 4. The van der Waals surface area contributed by atoms with Gasteiger partial charge in [-0.2, -0.15) is 0 Å². The predicted octanol–water partition coefficient (Wildman–Crippen LogP) is 3.02. The lowest BCUT2D eigenvalue weighted by Crippen LogP contribution is -2.28. The average molecular weight is 291 g/mol. The molecule has 0 saturated heterocycles. The lowest BCUT2D eigenvalue weighted by Gasteiger charge is -2.21. The summed E-state index contributed by atoms with van der Waals surface area (Å²) < 4.78 is 4.47. The molecule has 92 valence electrons. The lowest BCUT2D eigenvalue weighted by molar-refractivity contribution is -0.150. The standard InChI is InChI=1S/C12H19BrO3/c1-8(7-9(14)12(5,6)13)10(15)16-11(2,3)4/h1,7H2,2-6H3. The van der Waals surface area contributed by atoms with Crippen LogP contribution in [0.5, 0.6) is 0 Å². The third-order valence-electron chi connectivity index (χ3n) is 1.72. The number of hydrogen-bond donors (Lipinski definition) is 0. The zero-order valence-corrected chi connectivity index (χ0v) is 12.1. The Balaban J connectivity index is 4.39. The molecule has 0 aromatic heterocycles. The first kappa shape index (κ1) is 15.4. The summed E-state index contributed by atoms with van der Waals surface area (Å²) in [5.41, 5.74) is -0.375. The molecule has 3 nitrogen and oxygen atoms in total. The fraction of sp³-hybridized carbons (Fsp3) is 0.667. The smallest absolute Gasteiger partial charge is 0.334 e. The molecule has 4 heteroatoms. The van der Waals surface area contributed by atoms with Gasteiger partial charge in [-0.05, 0) is 34.6 Å². The van der Waals surface area contributed by atoms with E-state index in [0.717, 1.165) is 0 Å². The molecule has 0 aromatic carbocycles. The number of ketones is 1. The molecule has 0 amide bonds. The van der Waals surface area contributed by atoms with Crippen LogP contribution in [0, 0.1) is 0 Å². The molecular weight excluding hydrogens is 272 g/mol. The second kappa shape index (κ2) is 5.13. The first-order chi connectivity index (χ1) is 6.93. The third kappa shape index (κ3) is 6.05. The molecule has 0 atom stereocenters. The van der Waals surface area contributed by atoms with Crippen LogP contribution < -0.4 is 0 Å². The molecule has 16 heavy (non-hydrogen) atoms. The molecule has 0 aromatic rings. The molecule has 0 N–H and O–H groups in total. The topological polar surface area (TPSA) is 43.4 Å². The van der Waals surface area contributed by atoms with E-state index in [2.05, 4.69) is 22.5 Å². The molecule has 0 aliphatic heterocycles. The Hall–Kier alpha value is -0.640. The van der Waals surface area contributed by atoms with E-state index in [9.17, 15) is 9.59 Å². The highest BCUT2D eigenvalue weighted by molar-refractivity contribution is 9.10. The third-order valence-corrected chi connectivity index (χ3v) is 2.17. The van der Waals surface area contributed by atoms with Gasteiger partial charge in [0, 0.05) is 12.0 Å². The Labute approximate surface area is 105 Å². The zero-order chi connectivity index (χ0) is 13.1. The zero-order valence-electron chi connectivity index (χ0n) is 10.5. The largest absolute Gasteiger partial charge is 0.457 e. The van der Waals surface area contributed by atoms with Crippen LogP contribution in [0.1, 0.15) is 41.0 Å². The van der Waals surface area contributed by atoms with Gasteiger partial charge in [-0.3, -0.25) is 4.79 Å². The Morgan fingerprint density at radius 2 is 1.62 bits per heavy atom. The van der Waals surface area contributed by atoms with Gasteiger partial charge in [-0.1, -0.05) is 22.5 Å². The van der Waals surface area contributed by atoms with Gasteiger partial charge in [0.2, 0.25) is 0 Å². The van der Waals surface area contributed by atoms with E-state index >= 15 is 0 Å². The maximum absolute atomic E-state index is 11.6. The number of esters is 1.